The van der Waals surface area contributed by atoms with E-state index in [0.717, 1.165) is 34.5 Å². The van der Waals surface area contributed by atoms with Crippen LogP contribution in [-0.4, -0.2) is 35.7 Å². The van der Waals surface area contributed by atoms with Crippen LogP contribution in [0.25, 0.3) is 0 Å². The third-order valence-corrected chi connectivity index (χ3v) is 8.85. The number of hydrogen-bond acceptors (Lipinski definition) is 6. The number of rotatable bonds is 12. The van der Waals surface area contributed by atoms with Crippen molar-refractivity contribution >= 4 is 11.7 Å². The molecule has 4 unspecified atom stereocenters. The number of nitrogens with one attached hydrogen (secondary N) is 2. The van der Waals surface area contributed by atoms with E-state index in [-0.39, 0.29) is 30.9 Å². The molecule has 0 aliphatic carbocycles. The van der Waals surface area contributed by atoms with Crippen LogP contribution in [0.4, 0.5) is 10.5 Å². The van der Waals surface area contributed by atoms with Crippen LogP contribution in [-0.2, 0) is 22.6 Å². The zero-order chi connectivity index (χ0) is 34.0. The number of aliphatic hydroxyl groups excluding tert-OH is 1. The maximum Gasteiger partial charge on any atom is 0.319 e. The Hall–Kier alpha value is -4.99. The van der Waals surface area contributed by atoms with Crippen LogP contribution in [0.1, 0.15) is 59.6 Å². The first-order valence-electron chi connectivity index (χ1n) is 16.7. The van der Waals surface area contributed by atoms with Crippen LogP contribution in [0.2, 0.25) is 0 Å². The second kappa shape index (κ2) is 16.4. The molecule has 3 N–H and O–H groups in total. The van der Waals surface area contributed by atoms with E-state index in [1.165, 1.54) is 5.56 Å². The van der Waals surface area contributed by atoms with Gasteiger partial charge in [0, 0.05) is 36.8 Å². The molecule has 0 spiro atoms. The summed E-state index contributed by atoms with van der Waals surface area (Å²) in [5.41, 5.74) is 5.70. The molecule has 0 bridgehead atoms. The lowest BCUT2D eigenvalue weighted by Gasteiger charge is -2.39. The fourth-order valence-corrected chi connectivity index (χ4v) is 5.88. The molecule has 2 amide bonds. The molecule has 1 heterocycles. The molecule has 0 aromatic heterocycles. The van der Waals surface area contributed by atoms with Crippen molar-refractivity contribution < 1.29 is 24.1 Å². The van der Waals surface area contributed by atoms with E-state index in [2.05, 4.69) is 53.8 Å². The number of para-hydroxylation sites is 1. The van der Waals surface area contributed by atoms with Crippen molar-refractivity contribution in [3.63, 3.8) is 0 Å². The van der Waals surface area contributed by atoms with Crippen molar-refractivity contribution in [2.75, 3.05) is 18.9 Å². The normalized spacial score (nSPS) is 18.1. The van der Waals surface area contributed by atoms with E-state index < -0.39 is 6.29 Å². The number of nitrogens with zero attached hydrogens (tertiary/aromatic N) is 1. The van der Waals surface area contributed by atoms with E-state index in [0.29, 0.717) is 24.4 Å². The van der Waals surface area contributed by atoms with E-state index in [1.807, 2.05) is 97.1 Å². The topological polar surface area (TPSA) is 92.3 Å². The number of aliphatic hydroxyl groups is 1. The first-order valence-corrected chi connectivity index (χ1v) is 16.7. The summed E-state index contributed by atoms with van der Waals surface area (Å²) in [6.45, 7) is 3.31. The minimum atomic E-state index is -0.555. The SMILES string of the molecule is CC(c1ccccc1)N(C)CC1CC(c2ccc(CO)cc2)OC(c2ccc(CNC(=O)Nc3ccc(Oc4ccccc4)cc3)cc2)O1. The maximum atomic E-state index is 12.6. The Labute approximate surface area is 288 Å². The van der Waals surface area contributed by atoms with E-state index >= 15 is 0 Å². The van der Waals surface area contributed by atoms with E-state index in [4.69, 9.17) is 14.2 Å². The van der Waals surface area contributed by atoms with Gasteiger partial charge in [0.05, 0.1) is 18.8 Å². The summed E-state index contributed by atoms with van der Waals surface area (Å²) >= 11 is 0. The Morgan fingerprint density at radius 2 is 1.41 bits per heavy atom. The molecule has 0 radical (unpaired) electrons. The largest absolute Gasteiger partial charge is 0.457 e. The van der Waals surface area contributed by atoms with Gasteiger partial charge in [0.25, 0.3) is 0 Å². The standard InChI is InChI=1S/C41H43N3O5/c1-29(32-9-5-3-6-10-32)44(2)27-38-25-39(33-17-15-31(28-45)16-18-33)49-40(48-38)34-19-13-30(14-20-34)26-42-41(46)43-35-21-23-37(24-22-35)47-36-11-7-4-8-12-36/h3-24,29,38-40,45H,25-28H2,1-2H3,(H2,42,43,46). The Morgan fingerprint density at radius 3 is 2.08 bits per heavy atom. The second-order valence-corrected chi connectivity index (χ2v) is 12.4. The molecule has 5 aromatic rings. The average Bonchev–Trinajstić information content (AvgIpc) is 3.15. The predicted octanol–water partition coefficient (Wildman–Crippen LogP) is 8.53. The minimum absolute atomic E-state index is 0.00289. The highest BCUT2D eigenvalue weighted by Gasteiger charge is 2.33. The molecule has 5 aromatic carbocycles. The summed E-state index contributed by atoms with van der Waals surface area (Å²) in [6.07, 6.45) is -0.0796. The number of carbonyl (C=O) groups excluding carboxylic acids is 1. The molecule has 4 atom stereocenters. The van der Waals surface area contributed by atoms with Crippen molar-refractivity contribution in [2.45, 2.75) is 51.0 Å². The first-order chi connectivity index (χ1) is 23.9. The van der Waals surface area contributed by atoms with Crippen molar-refractivity contribution in [2.24, 2.45) is 0 Å². The molecular weight excluding hydrogens is 614 g/mol. The number of anilines is 1. The van der Waals surface area contributed by atoms with Crippen molar-refractivity contribution in [1.29, 1.82) is 0 Å². The fourth-order valence-electron chi connectivity index (χ4n) is 5.88. The Balaban J connectivity index is 1.06. The Morgan fingerprint density at radius 1 is 0.796 bits per heavy atom. The molecule has 1 aliphatic heterocycles. The highest BCUT2D eigenvalue weighted by Crippen LogP contribution is 2.38. The molecule has 0 saturated carbocycles. The third kappa shape index (κ3) is 9.34. The van der Waals surface area contributed by atoms with Crippen LogP contribution < -0.4 is 15.4 Å². The van der Waals surface area contributed by atoms with Gasteiger partial charge in [0.15, 0.2) is 6.29 Å². The molecule has 8 nitrogen and oxygen atoms in total. The molecule has 1 aliphatic rings. The molecule has 252 valence electrons. The van der Waals surface area contributed by atoms with Crippen molar-refractivity contribution in [3.8, 4) is 11.5 Å². The maximum absolute atomic E-state index is 12.6. The molecule has 8 heteroatoms. The van der Waals surface area contributed by atoms with Crippen molar-refractivity contribution in [1.82, 2.24) is 10.2 Å². The summed E-state index contributed by atoms with van der Waals surface area (Å²) in [5.74, 6) is 1.44. The van der Waals surface area contributed by atoms with Crippen LogP contribution in [0.3, 0.4) is 0 Å². The minimum Gasteiger partial charge on any atom is -0.457 e. The Bertz CT molecular complexity index is 1750. The lowest BCUT2D eigenvalue weighted by atomic mass is 9.99. The second-order valence-electron chi connectivity index (χ2n) is 12.4. The number of hydrogen-bond donors (Lipinski definition) is 3. The molecule has 1 fully saturated rings. The van der Waals surface area contributed by atoms with Gasteiger partial charge in [-0.15, -0.1) is 0 Å². The number of amides is 2. The predicted molar refractivity (Wildman–Crippen MR) is 191 cm³/mol. The van der Waals surface area contributed by atoms with Crippen molar-refractivity contribution in [3.05, 3.63) is 161 Å². The summed E-state index contributed by atoms with van der Waals surface area (Å²) in [5, 5.41) is 15.3. The van der Waals surface area contributed by atoms with E-state index in [9.17, 15) is 9.90 Å². The zero-order valence-electron chi connectivity index (χ0n) is 27.9. The van der Waals surface area contributed by atoms with Crippen LogP contribution in [0.5, 0.6) is 11.5 Å². The van der Waals surface area contributed by atoms with Gasteiger partial charge in [-0.1, -0.05) is 97.1 Å². The van der Waals surface area contributed by atoms with Crippen LogP contribution in [0.15, 0.2) is 133 Å². The smallest absolute Gasteiger partial charge is 0.319 e. The molecule has 1 saturated heterocycles. The number of carbonyl (C=O) groups is 1. The average molecular weight is 658 g/mol. The Kier molecular flexibility index (Phi) is 11.4. The lowest BCUT2D eigenvalue weighted by Crippen LogP contribution is -2.38. The number of ether oxygens (including phenoxy) is 3. The zero-order valence-corrected chi connectivity index (χ0v) is 27.9. The first kappa shape index (κ1) is 33.9. The number of urea groups is 1. The third-order valence-electron chi connectivity index (χ3n) is 8.85. The van der Waals surface area contributed by atoms with Gasteiger partial charge in [-0.05, 0) is 72.6 Å². The van der Waals surface area contributed by atoms with Gasteiger partial charge in [-0.3, -0.25) is 4.90 Å². The summed E-state index contributed by atoms with van der Waals surface area (Å²) in [7, 11) is 2.13. The van der Waals surface area contributed by atoms with Gasteiger partial charge in [-0.2, -0.15) is 0 Å². The molecular formula is C41H43N3O5. The summed E-state index contributed by atoms with van der Waals surface area (Å²) < 4.78 is 18.9. The van der Waals surface area contributed by atoms with Crippen LogP contribution in [0, 0.1) is 0 Å². The highest BCUT2D eigenvalue weighted by atomic mass is 16.7. The van der Waals surface area contributed by atoms with E-state index in [1.54, 1.807) is 12.1 Å². The quantitative estimate of drug-likeness (QED) is 0.125. The van der Waals surface area contributed by atoms with Gasteiger partial charge in [0.1, 0.15) is 11.5 Å². The summed E-state index contributed by atoms with van der Waals surface area (Å²) in [4.78, 5) is 15.0. The fraction of sp³-hybridized carbons (Fsp3) is 0.244. The number of benzene rings is 5. The number of likely N-dealkylation sites (N-methyl/N-ethyl adjacent to an activating group) is 1. The molecule has 6 rings (SSSR count). The lowest BCUT2D eigenvalue weighted by molar-refractivity contribution is -0.253. The van der Waals surface area contributed by atoms with Gasteiger partial charge in [0.2, 0.25) is 0 Å². The summed E-state index contributed by atoms with van der Waals surface area (Å²) in [6, 6.07) is 43.1. The monoisotopic (exact) mass is 657 g/mol. The van der Waals surface area contributed by atoms with Crippen LogP contribution >= 0.6 is 0 Å². The highest BCUT2D eigenvalue weighted by molar-refractivity contribution is 5.89. The molecule has 49 heavy (non-hydrogen) atoms. The van der Waals surface area contributed by atoms with Gasteiger partial charge < -0.3 is 30.0 Å². The van der Waals surface area contributed by atoms with Gasteiger partial charge >= 0.3 is 6.03 Å². The van der Waals surface area contributed by atoms with Gasteiger partial charge in [-0.25, -0.2) is 4.79 Å².